The van der Waals surface area contributed by atoms with E-state index >= 15 is 0 Å². The van der Waals surface area contributed by atoms with Gasteiger partial charge in [-0.2, -0.15) is 0 Å². The summed E-state index contributed by atoms with van der Waals surface area (Å²) in [5, 5.41) is 0. The average Bonchev–Trinajstić information content (AvgIpc) is 2.28. The Kier molecular flexibility index (Phi) is 3.89. The molecule has 0 unspecified atom stereocenters. The number of sulfonamides is 1. The summed E-state index contributed by atoms with van der Waals surface area (Å²) in [5.74, 6) is -0.487. The van der Waals surface area contributed by atoms with Crippen molar-refractivity contribution in [2.75, 3.05) is 12.9 Å². The summed E-state index contributed by atoms with van der Waals surface area (Å²) < 4.78 is 29.3. The Labute approximate surface area is 94.5 Å². The maximum absolute atomic E-state index is 11.6. The normalized spacial score (nSPS) is 10.9. The van der Waals surface area contributed by atoms with Gasteiger partial charge in [-0.25, -0.2) is 13.1 Å². The summed E-state index contributed by atoms with van der Waals surface area (Å²) in [5.41, 5.74) is 0.196. The molecule has 5 nitrogen and oxygen atoms in total. The Balaban J connectivity index is 2.97. The fraction of sp³-hybridized carbons (Fsp3) is 0.300. The number of benzene rings is 1. The summed E-state index contributed by atoms with van der Waals surface area (Å²) >= 11 is 0. The number of hydrogen-bond acceptors (Lipinski definition) is 4. The van der Waals surface area contributed by atoms with Gasteiger partial charge in [0, 0.05) is 0 Å². The SMILES string of the molecule is CCS(=O)(=O)NC(=O)c1ccccc1OC. The fourth-order valence-electron chi connectivity index (χ4n) is 1.10. The Morgan fingerprint density at radius 2 is 2.00 bits per heavy atom. The van der Waals surface area contributed by atoms with E-state index in [4.69, 9.17) is 4.74 Å². The van der Waals surface area contributed by atoms with Gasteiger partial charge in [-0.3, -0.25) is 4.79 Å². The zero-order valence-electron chi connectivity index (χ0n) is 9.06. The van der Waals surface area contributed by atoms with Crippen molar-refractivity contribution in [3.8, 4) is 5.75 Å². The van der Waals surface area contributed by atoms with Crippen LogP contribution in [0.2, 0.25) is 0 Å². The molecule has 1 aromatic rings. The quantitative estimate of drug-likeness (QED) is 0.848. The van der Waals surface area contributed by atoms with Gasteiger partial charge in [-0.15, -0.1) is 0 Å². The van der Waals surface area contributed by atoms with Crippen molar-refractivity contribution in [2.24, 2.45) is 0 Å². The lowest BCUT2D eigenvalue weighted by atomic mass is 10.2. The third-order valence-electron chi connectivity index (χ3n) is 1.98. The monoisotopic (exact) mass is 243 g/mol. The van der Waals surface area contributed by atoms with Crippen molar-refractivity contribution >= 4 is 15.9 Å². The predicted molar refractivity (Wildman–Crippen MR) is 59.9 cm³/mol. The highest BCUT2D eigenvalue weighted by Crippen LogP contribution is 2.16. The Morgan fingerprint density at radius 1 is 1.38 bits per heavy atom. The average molecular weight is 243 g/mol. The summed E-state index contributed by atoms with van der Waals surface area (Å²) in [7, 11) is -2.13. The third kappa shape index (κ3) is 2.96. The number of carbonyl (C=O) groups excluding carboxylic acids is 1. The molecule has 1 rings (SSSR count). The second kappa shape index (κ2) is 4.98. The maximum atomic E-state index is 11.6. The number of ether oxygens (including phenoxy) is 1. The summed E-state index contributed by atoms with van der Waals surface area (Å²) in [6.07, 6.45) is 0. The second-order valence-corrected chi connectivity index (χ2v) is 5.05. The van der Waals surface area contributed by atoms with E-state index in [0.717, 1.165) is 0 Å². The van der Waals surface area contributed by atoms with Gasteiger partial charge in [0.2, 0.25) is 10.0 Å². The Hall–Kier alpha value is -1.56. The van der Waals surface area contributed by atoms with E-state index in [-0.39, 0.29) is 11.3 Å². The summed E-state index contributed by atoms with van der Waals surface area (Å²) in [4.78, 5) is 11.6. The lowest BCUT2D eigenvalue weighted by molar-refractivity contribution is 0.0978. The van der Waals surface area contributed by atoms with Crippen LogP contribution in [0.3, 0.4) is 0 Å². The molecule has 16 heavy (non-hydrogen) atoms. The van der Waals surface area contributed by atoms with Gasteiger partial charge in [0.1, 0.15) is 5.75 Å². The molecule has 0 aromatic heterocycles. The van der Waals surface area contributed by atoms with Gasteiger partial charge in [-0.1, -0.05) is 12.1 Å². The van der Waals surface area contributed by atoms with Crippen LogP contribution in [-0.4, -0.2) is 27.2 Å². The van der Waals surface area contributed by atoms with E-state index in [1.54, 1.807) is 18.2 Å². The minimum atomic E-state index is -3.55. The van der Waals surface area contributed by atoms with Crippen molar-refractivity contribution in [2.45, 2.75) is 6.92 Å². The molecular formula is C10H13NO4S. The molecule has 0 atom stereocenters. The van der Waals surface area contributed by atoms with Crippen LogP contribution in [0.25, 0.3) is 0 Å². The molecule has 88 valence electrons. The van der Waals surface area contributed by atoms with E-state index in [1.807, 2.05) is 4.72 Å². The highest BCUT2D eigenvalue weighted by Gasteiger charge is 2.16. The van der Waals surface area contributed by atoms with Crippen molar-refractivity contribution in [3.63, 3.8) is 0 Å². The number of amides is 1. The van der Waals surface area contributed by atoms with Crippen LogP contribution < -0.4 is 9.46 Å². The smallest absolute Gasteiger partial charge is 0.268 e. The number of carbonyl (C=O) groups is 1. The van der Waals surface area contributed by atoms with E-state index in [0.29, 0.717) is 5.75 Å². The molecule has 0 fully saturated rings. The molecule has 0 spiro atoms. The molecule has 0 aliphatic carbocycles. The number of rotatable bonds is 4. The molecule has 0 saturated heterocycles. The minimum Gasteiger partial charge on any atom is -0.496 e. The summed E-state index contributed by atoms with van der Waals surface area (Å²) in [6, 6.07) is 6.42. The molecule has 1 amide bonds. The molecule has 0 aliphatic heterocycles. The molecule has 0 heterocycles. The predicted octanol–water partition coefficient (Wildman–Crippen LogP) is 0.775. The molecule has 0 saturated carbocycles. The van der Waals surface area contributed by atoms with Gasteiger partial charge in [0.25, 0.3) is 5.91 Å². The second-order valence-electron chi connectivity index (χ2n) is 3.03. The number of hydrogen-bond donors (Lipinski definition) is 1. The van der Waals surface area contributed by atoms with Crippen LogP contribution in [0.15, 0.2) is 24.3 Å². The van der Waals surface area contributed by atoms with Gasteiger partial charge < -0.3 is 4.74 Å². The van der Waals surface area contributed by atoms with E-state index in [9.17, 15) is 13.2 Å². The molecule has 0 bridgehead atoms. The van der Waals surface area contributed by atoms with Crippen molar-refractivity contribution in [1.82, 2.24) is 4.72 Å². The van der Waals surface area contributed by atoms with Crippen LogP contribution in [0, 0.1) is 0 Å². The first-order valence-corrected chi connectivity index (χ1v) is 6.33. The topological polar surface area (TPSA) is 72.5 Å². The number of para-hydroxylation sites is 1. The standard InChI is InChI=1S/C10H13NO4S/c1-3-16(13,14)11-10(12)8-6-4-5-7-9(8)15-2/h4-7H,3H2,1-2H3,(H,11,12). The molecule has 1 N–H and O–H groups in total. The maximum Gasteiger partial charge on any atom is 0.268 e. The molecular weight excluding hydrogens is 230 g/mol. The van der Waals surface area contributed by atoms with Gasteiger partial charge >= 0.3 is 0 Å². The van der Waals surface area contributed by atoms with Crippen LogP contribution in [0.4, 0.5) is 0 Å². The highest BCUT2D eigenvalue weighted by atomic mass is 32.2. The summed E-state index contributed by atoms with van der Waals surface area (Å²) in [6.45, 7) is 1.46. The first kappa shape index (κ1) is 12.5. The van der Waals surface area contributed by atoms with Crippen LogP contribution in [0.5, 0.6) is 5.75 Å². The largest absolute Gasteiger partial charge is 0.496 e. The molecule has 0 radical (unpaired) electrons. The molecule has 6 heteroatoms. The Morgan fingerprint density at radius 3 is 2.56 bits per heavy atom. The zero-order chi connectivity index (χ0) is 12.2. The molecule has 1 aromatic carbocycles. The zero-order valence-corrected chi connectivity index (χ0v) is 9.87. The first-order chi connectivity index (χ1) is 7.50. The van der Waals surface area contributed by atoms with Crippen LogP contribution in [-0.2, 0) is 10.0 Å². The number of nitrogens with one attached hydrogen (secondary N) is 1. The Bertz CT molecular complexity index is 481. The van der Waals surface area contributed by atoms with Crippen molar-refractivity contribution in [1.29, 1.82) is 0 Å². The first-order valence-electron chi connectivity index (χ1n) is 4.68. The third-order valence-corrected chi connectivity index (χ3v) is 3.24. The van der Waals surface area contributed by atoms with E-state index in [2.05, 4.69) is 0 Å². The highest BCUT2D eigenvalue weighted by molar-refractivity contribution is 7.90. The van der Waals surface area contributed by atoms with Gasteiger partial charge in [-0.05, 0) is 19.1 Å². The van der Waals surface area contributed by atoms with Crippen LogP contribution >= 0.6 is 0 Å². The van der Waals surface area contributed by atoms with Crippen molar-refractivity contribution < 1.29 is 17.9 Å². The van der Waals surface area contributed by atoms with Crippen molar-refractivity contribution in [3.05, 3.63) is 29.8 Å². The molecule has 0 aliphatic rings. The number of methoxy groups -OCH3 is 1. The van der Waals surface area contributed by atoms with Crippen LogP contribution in [0.1, 0.15) is 17.3 Å². The lowest BCUT2D eigenvalue weighted by Crippen LogP contribution is -2.31. The van der Waals surface area contributed by atoms with E-state index < -0.39 is 15.9 Å². The minimum absolute atomic E-state index is 0.145. The lowest BCUT2D eigenvalue weighted by Gasteiger charge is -2.08. The van der Waals surface area contributed by atoms with Gasteiger partial charge in [0.15, 0.2) is 0 Å². The van der Waals surface area contributed by atoms with E-state index in [1.165, 1.54) is 20.1 Å². The van der Waals surface area contributed by atoms with Gasteiger partial charge in [0.05, 0.1) is 18.4 Å². The fourth-order valence-corrected chi connectivity index (χ4v) is 1.64.